The number of hydrogen-bond acceptors (Lipinski definition) is 2. The number of hydrogen-bond donors (Lipinski definition) is 1. The summed E-state index contributed by atoms with van der Waals surface area (Å²) in [5.41, 5.74) is 0. The minimum atomic E-state index is -0.426. The lowest BCUT2D eigenvalue weighted by molar-refractivity contribution is -0.131. The summed E-state index contributed by atoms with van der Waals surface area (Å²) in [6, 6.07) is 0.380. The van der Waals surface area contributed by atoms with E-state index < -0.39 is 6.10 Å². The monoisotopic (exact) mass is 225 g/mol. The highest BCUT2D eigenvalue weighted by atomic mass is 16.3. The van der Waals surface area contributed by atoms with Gasteiger partial charge in [-0.05, 0) is 25.2 Å². The summed E-state index contributed by atoms with van der Waals surface area (Å²) in [5.74, 6) is 0.831. The third-order valence-corrected chi connectivity index (χ3v) is 4.15. The largest absolute Gasteiger partial charge is 0.391 e. The second-order valence-electron chi connectivity index (χ2n) is 5.28. The van der Waals surface area contributed by atoms with Gasteiger partial charge < -0.3 is 10.0 Å². The molecule has 1 heterocycles. The van der Waals surface area contributed by atoms with Crippen molar-refractivity contribution in [1.29, 1.82) is 0 Å². The Balaban J connectivity index is 2.00. The van der Waals surface area contributed by atoms with Gasteiger partial charge in [0.2, 0.25) is 5.91 Å². The van der Waals surface area contributed by atoms with Crippen molar-refractivity contribution in [3.8, 4) is 0 Å². The van der Waals surface area contributed by atoms with Crippen molar-refractivity contribution in [2.75, 3.05) is 6.54 Å². The molecule has 2 atom stereocenters. The van der Waals surface area contributed by atoms with Gasteiger partial charge in [-0.1, -0.05) is 26.2 Å². The Hall–Kier alpha value is -0.570. The molecule has 2 rings (SSSR count). The Morgan fingerprint density at radius 3 is 2.56 bits per heavy atom. The van der Waals surface area contributed by atoms with Crippen molar-refractivity contribution in [2.45, 2.75) is 64.0 Å². The molecule has 1 amide bonds. The molecule has 2 aliphatic rings. The van der Waals surface area contributed by atoms with Gasteiger partial charge in [0.15, 0.2) is 0 Å². The molecule has 2 unspecified atom stereocenters. The Morgan fingerprint density at radius 1 is 1.38 bits per heavy atom. The second kappa shape index (κ2) is 5.17. The smallest absolute Gasteiger partial charge is 0.225 e. The van der Waals surface area contributed by atoms with Crippen LogP contribution >= 0.6 is 0 Å². The van der Waals surface area contributed by atoms with Gasteiger partial charge in [-0.15, -0.1) is 0 Å². The molecule has 92 valence electrons. The SMILES string of the molecule is CCC(C1CCCCC1)N1CC(O)CC1=O. The fourth-order valence-electron chi connectivity index (χ4n) is 3.36. The quantitative estimate of drug-likeness (QED) is 0.797. The maximum Gasteiger partial charge on any atom is 0.225 e. The topological polar surface area (TPSA) is 40.5 Å². The first kappa shape index (κ1) is 11.9. The lowest BCUT2D eigenvalue weighted by Crippen LogP contribution is -2.42. The van der Waals surface area contributed by atoms with Crippen LogP contribution < -0.4 is 0 Å². The van der Waals surface area contributed by atoms with Crippen LogP contribution in [0.2, 0.25) is 0 Å². The van der Waals surface area contributed by atoms with Crippen molar-refractivity contribution in [1.82, 2.24) is 4.90 Å². The average Bonchev–Trinajstić information content (AvgIpc) is 2.61. The predicted molar refractivity (Wildman–Crippen MR) is 63.0 cm³/mol. The zero-order valence-corrected chi connectivity index (χ0v) is 10.2. The van der Waals surface area contributed by atoms with Gasteiger partial charge in [0.1, 0.15) is 0 Å². The highest BCUT2D eigenvalue weighted by Gasteiger charge is 2.36. The molecule has 0 radical (unpaired) electrons. The summed E-state index contributed by atoms with van der Waals surface area (Å²) in [6.45, 7) is 2.73. The van der Waals surface area contributed by atoms with Crippen LogP contribution in [0, 0.1) is 5.92 Å². The molecular weight excluding hydrogens is 202 g/mol. The van der Waals surface area contributed by atoms with E-state index in [1.807, 2.05) is 4.90 Å². The zero-order chi connectivity index (χ0) is 11.5. The number of nitrogens with zero attached hydrogens (tertiary/aromatic N) is 1. The van der Waals surface area contributed by atoms with Crippen molar-refractivity contribution in [2.24, 2.45) is 5.92 Å². The highest BCUT2D eigenvalue weighted by molar-refractivity contribution is 5.79. The van der Waals surface area contributed by atoms with Crippen LogP contribution in [0.5, 0.6) is 0 Å². The van der Waals surface area contributed by atoms with Crippen molar-refractivity contribution >= 4 is 5.91 Å². The molecule has 1 aliphatic heterocycles. The number of aliphatic hydroxyl groups excluding tert-OH is 1. The molecule has 16 heavy (non-hydrogen) atoms. The van der Waals surface area contributed by atoms with Gasteiger partial charge in [-0.25, -0.2) is 0 Å². The zero-order valence-electron chi connectivity index (χ0n) is 10.2. The number of likely N-dealkylation sites (tertiary alicyclic amines) is 1. The first-order valence-electron chi connectivity index (χ1n) is 6.70. The Labute approximate surface area is 97.8 Å². The van der Waals surface area contributed by atoms with Gasteiger partial charge in [0.25, 0.3) is 0 Å². The van der Waals surface area contributed by atoms with Gasteiger partial charge in [0, 0.05) is 12.6 Å². The number of carbonyl (C=O) groups is 1. The second-order valence-corrected chi connectivity index (χ2v) is 5.28. The standard InChI is InChI=1S/C13H23NO2/c1-2-12(10-6-4-3-5-7-10)14-9-11(15)8-13(14)16/h10-12,15H,2-9H2,1H3. The molecule has 0 bridgehead atoms. The number of aliphatic hydroxyl groups is 1. The van der Waals surface area contributed by atoms with Gasteiger partial charge in [-0.3, -0.25) is 4.79 Å². The molecule has 1 aliphatic carbocycles. The Bertz CT molecular complexity index is 248. The molecule has 0 aromatic carbocycles. The van der Waals surface area contributed by atoms with Crippen molar-refractivity contribution in [3.63, 3.8) is 0 Å². The van der Waals surface area contributed by atoms with Crippen LogP contribution in [0.1, 0.15) is 51.9 Å². The van der Waals surface area contributed by atoms with Crippen molar-refractivity contribution < 1.29 is 9.90 Å². The van der Waals surface area contributed by atoms with Crippen LogP contribution in [0.25, 0.3) is 0 Å². The highest BCUT2D eigenvalue weighted by Crippen LogP contribution is 2.32. The summed E-state index contributed by atoms with van der Waals surface area (Å²) < 4.78 is 0. The average molecular weight is 225 g/mol. The van der Waals surface area contributed by atoms with Gasteiger partial charge in [0.05, 0.1) is 12.5 Å². The van der Waals surface area contributed by atoms with E-state index in [0.717, 1.165) is 6.42 Å². The third kappa shape index (κ3) is 2.40. The molecule has 0 aromatic rings. The van der Waals surface area contributed by atoms with E-state index in [0.29, 0.717) is 24.9 Å². The maximum atomic E-state index is 11.8. The lowest BCUT2D eigenvalue weighted by Gasteiger charge is -2.36. The van der Waals surface area contributed by atoms with E-state index >= 15 is 0 Å². The fourth-order valence-corrected chi connectivity index (χ4v) is 3.36. The third-order valence-electron chi connectivity index (χ3n) is 4.15. The van der Waals surface area contributed by atoms with E-state index in [-0.39, 0.29) is 5.91 Å². The summed E-state index contributed by atoms with van der Waals surface area (Å²) >= 11 is 0. The van der Waals surface area contributed by atoms with E-state index in [4.69, 9.17) is 0 Å². The first-order chi connectivity index (χ1) is 7.72. The molecule has 2 fully saturated rings. The van der Waals surface area contributed by atoms with Gasteiger partial charge >= 0.3 is 0 Å². The summed E-state index contributed by atoms with van der Waals surface area (Å²) in [4.78, 5) is 13.7. The number of rotatable bonds is 3. The van der Waals surface area contributed by atoms with Crippen LogP contribution in [-0.2, 0) is 4.79 Å². The molecule has 3 nitrogen and oxygen atoms in total. The molecule has 1 N–H and O–H groups in total. The maximum absolute atomic E-state index is 11.8. The molecule has 0 aromatic heterocycles. The van der Waals surface area contributed by atoms with E-state index in [2.05, 4.69) is 6.92 Å². The molecule has 0 spiro atoms. The van der Waals surface area contributed by atoms with E-state index in [9.17, 15) is 9.90 Å². The van der Waals surface area contributed by atoms with Crippen LogP contribution in [0.15, 0.2) is 0 Å². The van der Waals surface area contributed by atoms with E-state index in [1.165, 1.54) is 32.1 Å². The van der Waals surface area contributed by atoms with Crippen LogP contribution in [0.3, 0.4) is 0 Å². The molecule has 3 heteroatoms. The molecule has 1 saturated heterocycles. The first-order valence-corrected chi connectivity index (χ1v) is 6.70. The minimum absolute atomic E-state index is 0.157. The summed E-state index contributed by atoms with van der Waals surface area (Å²) in [6.07, 6.45) is 7.44. The molecule has 1 saturated carbocycles. The fraction of sp³-hybridized carbons (Fsp3) is 0.923. The predicted octanol–water partition coefficient (Wildman–Crippen LogP) is 1.94. The molecular formula is C13H23NO2. The summed E-state index contributed by atoms with van der Waals surface area (Å²) in [7, 11) is 0. The normalized spacial score (nSPS) is 29.8. The summed E-state index contributed by atoms with van der Waals surface area (Å²) in [5, 5.41) is 9.55. The van der Waals surface area contributed by atoms with Crippen molar-refractivity contribution in [3.05, 3.63) is 0 Å². The number of amides is 1. The Morgan fingerprint density at radius 2 is 2.06 bits per heavy atom. The minimum Gasteiger partial charge on any atom is -0.391 e. The van der Waals surface area contributed by atoms with Gasteiger partial charge in [-0.2, -0.15) is 0 Å². The van der Waals surface area contributed by atoms with Crippen LogP contribution in [-0.4, -0.2) is 34.6 Å². The number of β-amino-alcohol motifs (C(OH)–C–C–N with tert-alkyl or cyclic N) is 1. The Kier molecular flexibility index (Phi) is 3.85. The van der Waals surface area contributed by atoms with Crippen LogP contribution in [0.4, 0.5) is 0 Å². The lowest BCUT2D eigenvalue weighted by atomic mass is 9.82. The number of carbonyl (C=O) groups excluding carboxylic acids is 1. The van der Waals surface area contributed by atoms with E-state index in [1.54, 1.807) is 0 Å².